The Labute approximate surface area is 101 Å². The van der Waals surface area contributed by atoms with Crippen molar-refractivity contribution in [2.24, 2.45) is 5.92 Å². The van der Waals surface area contributed by atoms with Crippen LogP contribution in [0.5, 0.6) is 0 Å². The molecule has 1 saturated heterocycles. The number of carbonyl (C=O) groups excluding carboxylic acids is 2. The molecule has 0 N–H and O–H groups in total. The molecule has 86 valence electrons. The Kier molecular flexibility index (Phi) is 2.75. The number of halogens is 1. The summed E-state index contributed by atoms with van der Waals surface area (Å²) in [7, 11) is 0. The molecule has 0 aromatic carbocycles. The Morgan fingerprint density at radius 1 is 1.44 bits per heavy atom. The van der Waals surface area contributed by atoms with Gasteiger partial charge in [0.05, 0.1) is 0 Å². The van der Waals surface area contributed by atoms with Gasteiger partial charge in [-0.3, -0.25) is 4.79 Å². The maximum absolute atomic E-state index is 11.9. The highest BCUT2D eigenvalue weighted by Gasteiger charge is 2.48. The molecule has 0 radical (unpaired) electrons. The normalized spacial score (nSPS) is 29.5. The fourth-order valence-corrected chi connectivity index (χ4v) is 2.53. The lowest BCUT2D eigenvalue weighted by molar-refractivity contribution is -0.168. The van der Waals surface area contributed by atoms with Gasteiger partial charge in [-0.25, -0.2) is 4.79 Å². The van der Waals surface area contributed by atoms with Crippen LogP contribution in [0.15, 0.2) is 22.2 Å². The standard InChI is InChI=1S/C11H11BrO4/c1-6(2)7-3-9(13)11(4-8(7)12)15-5-10(14)16-11/h3-4,6H,5H2,1-2H3/t11-/m0/s1. The Morgan fingerprint density at radius 3 is 2.62 bits per heavy atom. The summed E-state index contributed by atoms with van der Waals surface area (Å²) in [6.45, 7) is 3.77. The molecular formula is C11H11BrO4. The molecule has 0 saturated carbocycles. The van der Waals surface area contributed by atoms with Gasteiger partial charge in [-0.05, 0) is 17.6 Å². The van der Waals surface area contributed by atoms with Gasteiger partial charge in [0.15, 0.2) is 0 Å². The molecule has 16 heavy (non-hydrogen) atoms. The van der Waals surface area contributed by atoms with Crippen molar-refractivity contribution < 1.29 is 19.1 Å². The van der Waals surface area contributed by atoms with E-state index in [1.165, 1.54) is 12.2 Å². The Bertz CT molecular complexity index is 422. The number of ketones is 1. The van der Waals surface area contributed by atoms with Gasteiger partial charge >= 0.3 is 5.97 Å². The third kappa shape index (κ3) is 1.74. The van der Waals surface area contributed by atoms with Crippen LogP contribution in [0.1, 0.15) is 13.8 Å². The van der Waals surface area contributed by atoms with Gasteiger partial charge < -0.3 is 9.47 Å². The van der Waals surface area contributed by atoms with Crippen LogP contribution in [-0.2, 0) is 19.1 Å². The van der Waals surface area contributed by atoms with E-state index in [-0.39, 0.29) is 18.3 Å². The summed E-state index contributed by atoms with van der Waals surface area (Å²) >= 11 is 3.36. The van der Waals surface area contributed by atoms with E-state index in [0.717, 1.165) is 10.1 Å². The van der Waals surface area contributed by atoms with Crippen LogP contribution in [0.3, 0.4) is 0 Å². The topological polar surface area (TPSA) is 52.6 Å². The van der Waals surface area contributed by atoms with E-state index in [0.29, 0.717) is 0 Å². The van der Waals surface area contributed by atoms with E-state index >= 15 is 0 Å². The lowest BCUT2D eigenvalue weighted by Crippen LogP contribution is -2.39. The van der Waals surface area contributed by atoms with E-state index in [1.807, 2.05) is 13.8 Å². The molecule has 0 bridgehead atoms. The van der Waals surface area contributed by atoms with E-state index in [1.54, 1.807) is 0 Å². The molecule has 1 aliphatic heterocycles. The number of carbonyl (C=O) groups is 2. The SMILES string of the molecule is CC(C)C1=CC(=O)[C@@]2(C=C1Br)OCC(=O)O2. The van der Waals surface area contributed by atoms with Crippen molar-refractivity contribution in [2.45, 2.75) is 19.6 Å². The largest absolute Gasteiger partial charge is 0.419 e. The summed E-state index contributed by atoms with van der Waals surface area (Å²) in [6, 6.07) is 0. The highest BCUT2D eigenvalue weighted by Crippen LogP contribution is 2.36. The van der Waals surface area contributed by atoms with E-state index in [2.05, 4.69) is 15.9 Å². The van der Waals surface area contributed by atoms with Gasteiger partial charge in [-0.15, -0.1) is 0 Å². The van der Waals surface area contributed by atoms with Gasteiger partial charge in [0.25, 0.3) is 5.79 Å². The van der Waals surface area contributed by atoms with Crippen molar-refractivity contribution in [3.05, 3.63) is 22.2 Å². The number of rotatable bonds is 1. The molecule has 1 atom stereocenters. The molecule has 5 heteroatoms. The van der Waals surface area contributed by atoms with Crippen LogP contribution in [0, 0.1) is 5.92 Å². The summed E-state index contributed by atoms with van der Waals surface area (Å²) in [5, 5.41) is 0. The predicted molar refractivity (Wildman–Crippen MR) is 59.7 cm³/mol. The molecule has 1 fully saturated rings. The lowest BCUT2D eigenvalue weighted by atomic mass is 9.93. The number of allylic oxidation sites excluding steroid dienone is 2. The van der Waals surface area contributed by atoms with Crippen molar-refractivity contribution in [3.63, 3.8) is 0 Å². The first-order valence-corrected chi connectivity index (χ1v) is 5.74. The average molecular weight is 287 g/mol. The van der Waals surface area contributed by atoms with Gasteiger partial charge in [-0.2, -0.15) is 0 Å². The first-order valence-electron chi connectivity index (χ1n) is 4.95. The maximum Gasteiger partial charge on any atom is 0.335 e. The molecular weight excluding hydrogens is 276 g/mol. The van der Waals surface area contributed by atoms with E-state index < -0.39 is 11.8 Å². The van der Waals surface area contributed by atoms with Crippen LogP contribution >= 0.6 is 15.9 Å². The maximum atomic E-state index is 11.9. The first kappa shape index (κ1) is 11.5. The highest BCUT2D eigenvalue weighted by molar-refractivity contribution is 9.12. The number of ether oxygens (including phenoxy) is 2. The van der Waals surface area contributed by atoms with Crippen LogP contribution in [-0.4, -0.2) is 24.1 Å². The highest BCUT2D eigenvalue weighted by atomic mass is 79.9. The Hall–Kier alpha value is -0.940. The van der Waals surface area contributed by atoms with Crippen molar-refractivity contribution in [3.8, 4) is 0 Å². The zero-order chi connectivity index (χ0) is 11.9. The number of hydrogen-bond acceptors (Lipinski definition) is 4. The van der Waals surface area contributed by atoms with Gasteiger partial charge in [0.1, 0.15) is 6.61 Å². The monoisotopic (exact) mass is 286 g/mol. The second-order valence-corrected chi connectivity index (χ2v) is 4.90. The van der Waals surface area contributed by atoms with Crippen LogP contribution < -0.4 is 0 Å². The minimum Gasteiger partial charge on any atom is -0.419 e. The van der Waals surface area contributed by atoms with E-state index in [9.17, 15) is 9.59 Å². The van der Waals surface area contributed by atoms with Crippen molar-refractivity contribution in [1.82, 2.24) is 0 Å². The second-order valence-electron chi connectivity index (χ2n) is 4.04. The van der Waals surface area contributed by atoms with Gasteiger partial charge in [0.2, 0.25) is 5.78 Å². The zero-order valence-corrected chi connectivity index (χ0v) is 10.5. The fraction of sp³-hybridized carbons (Fsp3) is 0.455. The molecule has 2 rings (SSSR count). The lowest BCUT2D eigenvalue weighted by Gasteiger charge is -2.26. The Morgan fingerprint density at radius 2 is 2.12 bits per heavy atom. The minimum absolute atomic E-state index is 0.187. The number of esters is 1. The van der Waals surface area contributed by atoms with Crippen molar-refractivity contribution in [1.29, 1.82) is 0 Å². The molecule has 0 amide bonds. The van der Waals surface area contributed by atoms with Crippen LogP contribution in [0.2, 0.25) is 0 Å². The minimum atomic E-state index is -1.53. The van der Waals surface area contributed by atoms with Crippen LogP contribution in [0.25, 0.3) is 0 Å². The molecule has 1 aliphatic carbocycles. The summed E-state index contributed by atoms with van der Waals surface area (Å²) in [4.78, 5) is 22.9. The fourth-order valence-electron chi connectivity index (χ4n) is 1.66. The van der Waals surface area contributed by atoms with E-state index in [4.69, 9.17) is 9.47 Å². The summed E-state index contributed by atoms with van der Waals surface area (Å²) < 4.78 is 10.8. The summed E-state index contributed by atoms with van der Waals surface area (Å²) in [5.74, 6) is -2.19. The molecule has 1 spiro atoms. The second kappa shape index (κ2) is 3.82. The molecule has 4 nitrogen and oxygen atoms in total. The third-order valence-corrected chi connectivity index (χ3v) is 3.20. The third-order valence-electron chi connectivity index (χ3n) is 2.51. The van der Waals surface area contributed by atoms with Crippen LogP contribution in [0.4, 0.5) is 0 Å². The molecule has 2 aliphatic rings. The van der Waals surface area contributed by atoms with Gasteiger partial charge in [0, 0.05) is 10.6 Å². The summed E-state index contributed by atoms with van der Waals surface area (Å²) in [5.41, 5.74) is 0.877. The van der Waals surface area contributed by atoms with Gasteiger partial charge in [-0.1, -0.05) is 29.8 Å². The molecule has 1 heterocycles. The zero-order valence-electron chi connectivity index (χ0n) is 8.95. The number of hydrogen-bond donors (Lipinski definition) is 0. The molecule has 0 aromatic rings. The molecule has 0 unspecified atom stereocenters. The predicted octanol–water partition coefficient (Wildman–Crippen LogP) is 1.70. The first-order chi connectivity index (χ1) is 7.44. The van der Waals surface area contributed by atoms with Crippen molar-refractivity contribution in [2.75, 3.05) is 6.61 Å². The average Bonchev–Trinajstić information content (AvgIpc) is 2.54. The quantitative estimate of drug-likeness (QED) is 0.689. The Balaban J connectivity index is 2.36. The summed E-state index contributed by atoms with van der Waals surface area (Å²) in [6.07, 6.45) is 2.98. The molecule has 0 aromatic heterocycles. The smallest absolute Gasteiger partial charge is 0.335 e. The van der Waals surface area contributed by atoms with Crippen molar-refractivity contribution >= 4 is 27.7 Å².